The first kappa shape index (κ1) is 17.5. The first-order chi connectivity index (χ1) is 11.9. The van der Waals surface area contributed by atoms with E-state index in [1.54, 1.807) is 24.4 Å². The highest BCUT2D eigenvalue weighted by Gasteiger charge is 2.47. The molecule has 2 aromatic rings. The molecule has 2 N–H and O–H groups in total. The number of para-hydroxylation sites is 1. The lowest BCUT2D eigenvalue weighted by Gasteiger charge is -2.38. The molecule has 2 amide bonds. The minimum absolute atomic E-state index is 0.113. The molecule has 1 fully saturated rings. The molecule has 5 nitrogen and oxygen atoms in total. The van der Waals surface area contributed by atoms with Gasteiger partial charge in [-0.1, -0.05) is 18.2 Å². The monoisotopic (exact) mass is 353 g/mol. The van der Waals surface area contributed by atoms with Crippen molar-refractivity contribution in [1.82, 2.24) is 9.88 Å². The number of halogens is 3. The lowest BCUT2D eigenvalue weighted by molar-refractivity contribution is -0.221. The largest absolute Gasteiger partial charge is 0.416 e. The number of hydrogen-bond donors (Lipinski definition) is 2. The van der Waals surface area contributed by atoms with Crippen LogP contribution in [0.15, 0.2) is 36.5 Å². The average Bonchev–Trinajstić information content (AvgIpc) is 2.60. The molecule has 0 unspecified atom stereocenters. The van der Waals surface area contributed by atoms with E-state index in [1.165, 1.54) is 0 Å². The number of aliphatic hydroxyl groups is 1. The number of benzene rings is 1. The van der Waals surface area contributed by atoms with E-state index >= 15 is 0 Å². The summed E-state index contributed by atoms with van der Waals surface area (Å²) >= 11 is 0. The van der Waals surface area contributed by atoms with Gasteiger partial charge in [-0.3, -0.25) is 4.98 Å². The molecule has 0 aliphatic carbocycles. The average molecular weight is 353 g/mol. The second kappa shape index (κ2) is 6.87. The number of piperidine rings is 1. The third kappa shape index (κ3) is 3.68. The van der Waals surface area contributed by atoms with Gasteiger partial charge in [0.25, 0.3) is 0 Å². The first-order valence-corrected chi connectivity index (χ1v) is 8.04. The summed E-state index contributed by atoms with van der Waals surface area (Å²) < 4.78 is 38.7. The molecule has 0 spiro atoms. The number of carbonyl (C=O) groups excluding carboxylic acids is 1. The zero-order valence-corrected chi connectivity index (χ0v) is 13.3. The quantitative estimate of drug-likeness (QED) is 0.868. The number of rotatable bonds is 2. The minimum atomic E-state index is -4.76. The van der Waals surface area contributed by atoms with Crippen molar-refractivity contribution in [3.8, 4) is 0 Å². The van der Waals surface area contributed by atoms with Crippen LogP contribution in [-0.2, 0) is 0 Å². The third-order valence-corrected chi connectivity index (χ3v) is 4.38. The molecule has 0 saturated carbocycles. The van der Waals surface area contributed by atoms with Crippen molar-refractivity contribution < 1.29 is 23.1 Å². The number of urea groups is 1. The number of amides is 2. The van der Waals surface area contributed by atoms with Crippen LogP contribution in [0.25, 0.3) is 10.9 Å². The molecule has 1 aliphatic rings. The Balaban J connectivity index is 1.83. The number of nitrogens with one attached hydrogen (secondary N) is 1. The lowest BCUT2D eigenvalue weighted by atomic mass is 9.97. The van der Waals surface area contributed by atoms with Gasteiger partial charge in [-0.05, 0) is 31.4 Å². The van der Waals surface area contributed by atoms with Crippen LogP contribution < -0.4 is 5.32 Å². The number of pyridine rings is 1. The summed E-state index contributed by atoms with van der Waals surface area (Å²) in [5, 5.41) is 13.1. The fourth-order valence-corrected chi connectivity index (χ4v) is 3.15. The van der Waals surface area contributed by atoms with Gasteiger partial charge in [0.05, 0.1) is 17.2 Å². The number of nitrogens with zero attached hydrogens (tertiary/aromatic N) is 2. The highest BCUT2D eigenvalue weighted by Crippen LogP contribution is 2.31. The van der Waals surface area contributed by atoms with Crippen molar-refractivity contribution in [3.63, 3.8) is 0 Å². The number of aliphatic hydroxyl groups excluding tert-OH is 1. The second-order valence-electron chi connectivity index (χ2n) is 6.05. The molecular weight excluding hydrogens is 335 g/mol. The van der Waals surface area contributed by atoms with Gasteiger partial charge in [-0.25, -0.2) is 4.79 Å². The Morgan fingerprint density at radius 1 is 1.28 bits per heavy atom. The minimum Gasteiger partial charge on any atom is -0.382 e. The predicted molar refractivity (Wildman–Crippen MR) is 87.2 cm³/mol. The van der Waals surface area contributed by atoms with E-state index in [9.17, 15) is 23.1 Å². The SMILES string of the molecule is O=C(Nc1cccc2cccnc12)N1CCCC[C@H]1[C@@H](O)C(F)(F)F. The fraction of sp³-hybridized carbons (Fsp3) is 0.412. The summed E-state index contributed by atoms with van der Waals surface area (Å²) in [5.41, 5.74) is 0.984. The van der Waals surface area contributed by atoms with Gasteiger partial charge < -0.3 is 15.3 Å². The van der Waals surface area contributed by atoms with E-state index in [1.807, 2.05) is 12.1 Å². The Labute approximate surface area is 142 Å². The van der Waals surface area contributed by atoms with Crippen LogP contribution in [-0.4, -0.2) is 45.9 Å². The molecule has 2 atom stereocenters. The van der Waals surface area contributed by atoms with Crippen LogP contribution in [0.3, 0.4) is 0 Å². The number of anilines is 1. The summed E-state index contributed by atoms with van der Waals surface area (Å²) in [6.07, 6.45) is -4.48. The van der Waals surface area contributed by atoms with E-state index in [0.717, 1.165) is 10.3 Å². The van der Waals surface area contributed by atoms with Crippen LogP contribution in [0.4, 0.5) is 23.7 Å². The van der Waals surface area contributed by atoms with Gasteiger partial charge in [0.1, 0.15) is 0 Å². The molecule has 3 rings (SSSR count). The third-order valence-electron chi connectivity index (χ3n) is 4.38. The number of alkyl halides is 3. The van der Waals surface area contributed by atoms with E-state index in [2.05, 4.69) is 10.3 Å². The molecule has 0 radical (unpaired) electrons. The molecule has 1 saturated heterocycles. The molecule has 0 bridgehead atoms. The Morgan fingerprint density at radius 3 is 2.80 bits per heavy atom. The summed E-state index contributed by atoms with van der Waals surface area (Å²) in [6, 6.07) is 6.85. The maximum Gasteiger partial charge on any atom is 0.416 e. The Hall–Kier alpha value is -2.35. The topological polar surface area (TPSA) is 65.5 Å². The molecule has 25 heavy (non-hydrogen) atoms. The van der Waals surface area contributed by atoms with Gasteiger partial charge in [-0.2, -0.15) is 13.2 Å². The maximum absolute atomic E-state index is 12.9. The Bertz CT molecular complexity index is 761. The van der Waals surface area contributed by atoms with E-state index in [0.29, 0.717) is 24.0 Å². The summed E-state index contributed by atoms with van der Waals surface area (Å²) in [5.74, 6) is 0. The van der Waals surface area contributed by atoms with Crippen molar-refractivity contribution >= 4 is 22.6 Å². The number of fused-ring (bicyclic) bond motifs is 1. The van der Waals surface area contributed by atoms with Crippen LogP contribution in [0.1, 0.15) is 19.3 Å². The van der Waals surface area contributed by atoms with Crippen molar-refractivity contribution in [2.45, 2.75) is 37.6 Å². The zero-order chi connectivity index (χ0) is 18.0. The van der Waals surface area contributed by atoms with Crippen molar-refractivity contribution in [2.75, 3.05) is 11.9 Å². The van der Waals surface area contributed by atoms with E-state index in [4.69, 9.17) is 0 Å². The van der Waals surface area contributed by atoms with Gasteiger partial charge >= 0.3 is 12.2 Å². The number of hydrogen-bond acceptors (Lipinski definition) is 3. The van der Waals surface area contributed by atoms with Gasteiger partial charge in [0.2, 0.25) is 0 Å². The fourth-order valence-electron chi connectivity index (χ4n) is 3.15. The van der Waals surface area contributed by atoms with Crippen LogP contribution >= 0.6 is 0 Å². The summed E-state index contributed by atoms with van der Waals surface area (Å²) in [4.78, 5) is 17.8. The van der Waals surface area contributed by atoms with Crippen LogP contribution in [0, 0.1) is 0 Å². The van der Waals surface area contributed by atoms with Crippen molar-refractivity contribution in [2.24, 2.45) is 0 Å². The number of carbonyl (C=O) groups is 1. The van der Waals surface area contributed by atoms with E-state index < -0.39 is 24.4 Å². The van der Waals surface area contributed by atoms with Crippen LogP contribution in [0.5, 0.6) is 0 Å². The number of aromatic nitrogens is 1. The lowest BCUT2D eigenvalue weighted by Crippen LogP contribution is -2.55. The first-order valence-electron chi connectivity index (χ1n) is 8.04. The van der Waals surface area contributed by atoms with Gasteiger partial charge in [0, 0.05) is 18.1 Å². The van der Waals surface area contributed by atoms with Gasteiger partial charge in [-0.15, -0.1) is 0 Å². The highest BCUT2D eigenvalue weighted by molar-refractivity contribution is 5.99. The summed E-state index contributed by atoms with van der Waals surface area (Å²) in [7, 11) is 0. The normalized spacial score (nSPS) is 19.7. The predicted octanol–water partition coefficient (Wildman–Crippen LogP) is 3.54. The number of likely N-dealkylation sites (tertiary alicyclic amines) is 1. The standard InChI is InChI=1S/C17H18F3N3O2/c18-17(19,20)15(24)13-8-1-2-10-23(13)16(25)22-12-7-3-5-11-6-4-9-21-14(11)12/h3-7,9,13,15,24H,1-2,8,10H2,(H,22,25)/t13-,15+/m0/s1. The van der Waals surface area contributed by atoms with Crippen LogP contribution in [0.2, 0.25) is 0 Å². The maximum atomic E-state index is 12.9. The molecular formula is C17H18F3N3O2. The van der Waals surface area contributed by atoms with E-state index in [-0.39, 0.29) is 13.0 Å². The van der Waals surface area contributed by atoms with Crippen molar-refractivity contribution in [1.29, 1.82) is 0 Å². The smallest absolute Gasteiger partial charge is 0.382 e. The molecule has 1 aromatic heterocycles. The molecule has 1 aromatic carbocycles. The zero-order valence-electron chi connectivity index (χ0n) is 13.3. The Morgan fingerprint density at radius 2 is 2.04 bits per heavy atom. The molecule has 1 aliphatic heterocycles. The molecule has 8 heteroatoms. The van der Waals surface area contributed by atoms with Crippen molar-refractivity contribution in [3.05, 3.63) is 36.5 Å². The van der Waals surface area contributed by atoms with Gasteiger partial charge in [0.15, 0.2) is 6.10 Å². The molecule has 2 heterocycles. The highest BCUT2D eigenvalue weighted by atomic mass is 19.4. The summed E-state index contributed by atoms with van der Waals surface area (Å²) in [6.45, 7) is 0.168. The Kier molecular flexibility index (Phi) is 4.80. The second-order valence-corrected chi connectivity index (χ2v) is 6.05. The molecule has 134 valence electrons.